The second kappa shape index (κ2) is 5.43. The Labute approximate surface area is 111 Å². The van der Waals surface area contributed by atoms with Gasteiger partial charge in [-0.1, -0.05) is 0 Å². The summed E-state index contributed by atoms with van der Waals surface area (Å²) < 4.78 is 23.3. The van der Waals surface area contributed by atoms with Gasteiger partial charge in [0.25, 0.3) is 11.6 Å². The Morgan fingerprint density at radius 2 is 2.25 bits per heavy atom. The molecule has 1 aromatic carbocycles. The largest absolute Gasteiger partial charge is 0.459 e. The summed E-state index contributed by atoms with van der Waals surface area (Å²) in [5, 5.41) is 17.4. The number of carbonyl (C=O) groups excluding carboxylic acids is 1. The average Bonchev–Trinajstić information content (AvgIpc) is 2.88. The maximum absolute atomic E-state index is 13.7. The van der Waals surface area contributed by atoms with E-state index in [1.165, 1.54) is 0 Å². The lowest BCUT2D eigenvalue weighted by Crippen LogP contribution is -2.04. The number of rotatable bonds is 4. The van der Waals surface area contributed by atoms with Crippen molar-refractivity contribution in [3.63, 3.8) is 0 Å². The summed E-state index contributed by atoms with van der Waals surface area (Å²) in [6.45, 7) is 1.73. The van der Waals surface area contributed by atoms with Gasteiger partial charge in [-0.05, 0) is 13.0 Å². The number of nitrogens with zero attached hydrogens (tertiary/aromatic N) is 3. The van der Waals surface area contributed by atoms with Crippen LogP contribution in [0.25, 0.3) is 11.5 Å². The first-order chi connectivity index (χ1) is 9.52. The summed E-state index contributed by atoms with van der Waals surface area (Å²) in [6, 6.07) is 2.94. The van der Waals surface area contributed by atoms with Crippen LogP contribution in [0.2, 0.25) is 0 Å². The molecule has 104 valence electrons. The van der Waals surface area contributed by atoms with Crippen LogP contribution in [0.3, 0.4) is 0 Å². The number of benzene rings is 1. The number of esters is 1. The molecule has 0 saturated carbocycles. The Kier molecular flexibility index (Phi) is 3.69. The molecule has 1 aromatic heterocycles. The number of nitro benzene ring substituents is 1. The molecule has 20 heavy (non-hydrogen) atoms. The molecular weight excluding hydrogens is 273 g/mol. The van der Waals surface area contributed by atoms with E-state index in [1.54, 1.807) is 6.92 Å². The summed E-state index contributed by atoms with van der Waals surface area (Å²) >= 11 is 0. The molecule has 8 nitrogen and oxygen atoms in total. The van der Waals surface area contributed by atoms with Gasteiger partial charge in [0.15, 0.2) is 0 Å². The fourth-order valence-electron chi connectivity index (χ4n) is 1.40. The van der Waals surface area contributed by atoms with Gasteiger partial charge in [0.05, 0.1) is 23.2 Å². The van der Waals surface area contributed by atoms with Crippen molar-refractivity contribution < 1.29 is 23.3 Å². The van der Waals surface area contributed by atoms with Crippen molar-refractivity contribution in [2.75, 3.05) is 6.61 Å². The van der Waals surface area contributed by atoms with Crippen molar-refractivity contribution in [3.8, 4) is 11.5 Å². The molecule has 0 bridgehead atoms. The minimum Gasteiger partial charge on any atom is -0.459 e. The Hall–Kier alpha value is -2.84. The fourth-order valence-corrected chi connectivity index (χ4v) is 1.40. The average molecular weight is 281 g/mol. The highest BCUT2D eigenvalue weighted by Crippen LogP contribution is 2.25. The molecule has 2 aromatic rings. The van der Waals surface area contributed by atoms with E-state index >= 15 is 0 Å². The predicted octanol–water partition coefficient (Wildman–Crippen LogP) is 1.96. The molecule has 0 fully saturated rings. The molecule has 0 amide bonds. The second-order valence-electron chi connectivity index (χ2n) is 3.55. The van der Waals surface area contributed by atoms with Gasteiger partial charge in [-0.25, -0.2) is 9.18 Å². The number of non-ortho nitro benzene ring substituents is 1. The van der Waals surface area contributed by atoms with Gasteiger partial charge in [-0.15, -0.1) is 10.2 Å². The second-order valence-corrected chi connectivity index (χ2v) is 3.55. The zero-order chi connectivity index (χ0) is 14.7. The summed E-state index contributed by atoms with van der Waals surface area (Å²) in [5.41, 5.74) is -0.546. The molecule has 0 radical (unpaired) electrons. The Balaban J connectivity index is 2.33. The van der Waals surface area contributed by atoms with Crippen molar-refractivity contribution in [1.82, 2.24) is 10.2 Å². The summed E-state index contributed by atoms with van der Waals surface area (Å²) in [7, 11) is 0. The Bertz CT molecular complexity index is 670. The van der Waals surface area contributed by atoms with Gasteiger partial charge in [-0.2, -0.15) is 0 Å². The van der Waals surface area contributed by atoms with Crippen LogP contribution in [-0.4, -0.2) is 27.7 Å². The number of ether oxygens (including phenoxy) is 1. The SMILES string of the molecule is CCOC(=O)c1nnc(-c2ccc([N+](=O)[O-])cc2F)o1. The normalized spacial score (nSPS) is 10.3. The van der Waals surface area contributed by atoms with Crippen molar-refractivity contribution in [2.24, 2.45) is 0 Å². The van der Waals surface area contributed by atoms with Gasteiger partial charge < -0.3 is 9.15 Å². The van der Waals surface area contributed by atoms with Gasteiger partial charge >= 0.3 is 11.9 Å². The molecule has 0 unspecified atom stereocenters. The van der Waals surface area contributed by atoms with Crippen LogP contribution >= 0.6 is 0 Å². The third-order valence-corrected chi connectivity index (χ3v) is 2.27. The van der Waals surface area contributed by atoms with Crippen LogP contribution in [0, 0.1) is 15.9 Å². The van der Waals surface area contributed by atoms with Crippen LogP contribution in [0.15, 0.2) is 22.6 Å². The van der Waals surface area contributed by atoms with E-state index < -0.39 is 28.3 Å². The van der Waals surface area contributed by atoms with Gasteiger partial charge in [0.1, 0.15) is 5.82 Å². The molecule has 2 rings (SSSR count). The van der Waals surface area contributed by atoms with Crippen molar-refractivity contribution in [1.29, 1.82) is 0 Å². The molecule has 0 atom stereocenters. The number of hydrogen-bond donors (Lipinski definition) is 0. The van der Waals surface area contributed by atoms with E-state index in [0.717, 1.165) is 18.2 Å². The van der Waals surface area contributed by atoms with E-state index in [2.05, 4.69) is 14.9 Å². The number of halogens is 1. The first kappa shape index (κ1) is 13.6. The van der Waals surface area contributed by atoms with E-state index in [0.29, 0.717) is 0 Å². The highest BCUT2D eigenvalue weighted by molar-refractivity contribution is 5.84. The first-order valence-electron chi connectivity index (χ1n) is 5.48. The van der Waals surface area contributed by atoms with E-state index in [9.17, 15) is 19.3 Å². The van der Waals surface area contributed by atoms with Crippen molar-refractivity contribution in [3.05, 3.63) is 40.0 Å². The lowest BCUT2D eigenvalue weighted by molar-refractivity contribution is -0.385. The van der Waals surface area contributed by atoms with E-state index in [4.69, 9.17) is 4.42 Å². The van der Waals surface area contributed by atoms with Crippen LogP contribution in [0.5, 0.6) is 0 Å². The number of nitro groups is 1. The minimum atomic E-state index is -0.904. The molecule has 1 heterocycles. The minimum absolute atomic E-state index is 0.127. The van der Waals surface area contributed by atoms with Crippen LogP contribution in [0.1, 0.15) is 17.6 Å². The Morgan fingerprint density at radius 3 is 2.85 bits per heavy atom. The predicted molar refractivity (Wildman–Crippen MR) is 62.3 cm³/mol. The molecule has 0 aliphatic rings. The highest BCUT2D eigenvalue weighted by atomic mass is 19.1. The first-order valence-corrected chi connectivity index (χ1v) is 5.48. The van der Waals surface area contributed by atoms with Crippen molar-refractivity contribution in [2.45, 2.75) is 6.92 Å². The van der Waals surface area contributed by atoms with E-state index in [1.807, 2.05) is 0 Å². The molecule has 0 saturated heterocycles. The maximum atomic E-state index is 13.7. The molecule has 0 spiro atoms. The van der Waals surface area contributed by atoms with Gasteiger partial charge in [0, 0.05) is 6.07 Å². The number of hydrogen-bond acceptors (Lipinski definition) is 7. The fraction of sp³-hybridized carbons (Fsp3) is 0.182. The third kappa shape index (κ3) is 2.60. The quantitative estimate of drug-likeness (QED) is 0.478. The summed E-state index contributed by atoms with van der Waals surface area (Å²) in [4.78, 5) is 21.1. The number of carbonyl (C=O) groups is 1. The lowest BCUT2D eigenvalue weighted by Gasteiger charge is -1.97. The molecule has 0 aliphatic heterocycles. The maximum Gasteiger partial charge on any atom is 0.396 e. The standard InChI is InChI=1S/C11H8FN3O5/c1-2-19-11(16)10-14-13-9(20-10)7-4-3-6(15(17)18)5-8(7)12/h3-5H,2H2,1H3. The summed E-state index contributed by atoms with van der Waals surface area (Å²) in [6.07, 6.45) is 0. The van der Waals surface area contributed by atoms with Crippen molar-refractivity contribution >= 4 is 11.7 Å². The highest BCUT2D eigenvalue weighted by Gasteiger charge is 2.20. The zero-order valence-corrected chi connectivity index (χ0v) is 10.2. The lowest BCUT2D eigenvalue weighted by atomic mass is 10.2. The number of aromatic nitrogens is 2. The monoisotopic (exact) mass is 281 g/mol. The zero-order valence-electron chi connectivity index (χ0n) is 10.2. The van der Waals surface area contributed by atoms with Crippen LogP contribution in [0.4, 0.5) is 10.1 Å². The molecular formula is C11H8FN3O5. The topological polar surface area (TPSA) is 108 Å². The smallest absolute Gasteiger partial charge is 0.396 e. The van der Waals surface area contributed by atoms with Crippen LogP contribution in [-0.2, 0) is 4.74 Å². The van der Waals surface area contributed by atoms with Crippen LogP contribution < -0.4 is 0 Å². The third-order valence-electron chi connectivity index (χ3n) is 2.27. The van der Waals surface area contributed by atoms with E-state index in [-0.39, 0.29) is 18.1 Å². The van der Waals surface area contributed by atoms with Gasteiger partial charge in [-0.3, -0.25) is 10.1 Å². The molecule has 9 heteroatoms. The molecule has 0 N–H and O–H groups in total. The molecule has 0 aliphatic carbocycles. The summed E-state index contributed by atoms with van der Waals surface area (Å²) in [5.74, 6) is -2.41. The Morgan fingerprint density at radius 1 is 1.50 bits per heavy atom. The van der Waals surface area contributed by atoms with Gasteiger partial charge in [0.2, 0.25) is 0 Å².